The van der Waals surface area contributed by atoms with Gasteiger partial charge in [-0.15, -0.1) is 15.3 Å². The number of rotatable bonds is 10. The van der Waals surface area contributed by atoms with Gasteiger partial charge in [0.1, 0.15) is 0 Å². The molecule has 2 heterocycles. The second-order valence-corrected chi connectivity index (χ2v) is 8.86. The number of nitrogens with one attached hydrogen (secondary N) is 1. The molecule has 0 aliphatic rings. The van der Waals surface area contributed by atoms with Gasteiger partial charge in [0.2, 0.25) is 11.8 Å². The molecule has 0 saturated carbocycles. The first-order valence-corrected chi connectivity index (χ1v) is 12.0. The summed E-state index contributed by atoms with van der Waals surface area (Å²) in [6.45, 7) is 2.75. The van der Waals surface area contributed by atoms with Crippen LogP contribution in [0.2, 0.25) is 0 Å². The van der Waals surface area contributed by atoms with E-state index in [0.717, 1.165) is 23.4 Å². The van der Waals surface area contributed by atoms with Crippen molar-refractivity contribution in [3.05, 3.63) is 72.1 Å². The van der Waals surface area contributed by atoms with E-state index in [0.29, 0.717) is 17.6 Å². The van der Waals surface area contributed by atoms with Crippen LogP contribution in [0, 0.1) is 0 Å². The number of carbonyl (C=O) groups excluding carboxylic acids is 1. The van der Waals surface area contributed by atoms with E-state index in [1.54, 1.807) is 0 Å². The lowest BCUT2D eigenvalue weighted by Crippen LogP contribution is -2.23. The highest BCUT2D eigenvalue weighted by Gasteiger charge is 2.23. The van der Waals surface area contributed by atoms with E-state index < -0.39 is 0 Å². The van der Waals surface area contributed by atoms with Crippen LogP contribution in [0.15, 0.2) is 70.2 Å². The zero-order valence-electron chi connectivity index (χ0n) is 19.4. The molecule has 34 heavy (non-hydrogen) atoms. The summed E-state index contributed by atoms with van der Waals surface area (Å²) in [5.41, 5.74) is 1.93. The third-order valence-electron chi connectivity index (χ3n) is 5.26. The van der Waals surface area contributed by atoms with Crippen molar-refractivity contribution in [2.24, 2.45) is 0 Å². The average Bonchev–Trinajstić information content (AvgIpc) is 3.47. The molecule has 1 atom stereocenters. The SMILES string of the molecule is CC[C@H](c1nnc(SCC(=O)Nc2nnc(-c3ccccc3)o2)n1Cc1ccccc1)N(C)C. The summed E-state index contributed by atoms with van der Waals surface area (Å²) in [5.74, 6) is 1.10. The van der Waals surface area contributed by atoms with E-state index >= 15 is 0 Å². The van der Waals surface area contributed by atoms with Crippen LogP contribution in [0.1, 0.15) is 30.8 Å². The molecule has 0 unspecified atom stereocenters. The van der Waals surface area contributed by atoms with Crippen molar-refractivity contribution < 1.29 is 9.21 Å². The van der Waals surface area contributed by atoms with Gasteiger partial charge in [-0.3, -0.25) is 15.0 Å². The van der Waals surface area contributed by atoms with Crippen LogP contribution in [0.4, 0.5) is 6.01 Å². The first kappa shape index (κ1) is 23.7. The maximum absolute atomic E-state index is 12.6. The quantitative estimate of drug-likeness (QED) is 0.340. The van der Waals surface area contributed by atoms with Crippen molar-refractivity contribution in [2.45, 2.75) is 31.1 Å². The third-order valence-corrected chi connectivity index (χ3v) is 6.23. The summed E-state index contributed by atoms with van der Waals surface area (Å²) in [7, 11) is 4.06. The molecule has 0 fully saturated rings. The van der Waals surface area contributed by atoms with Crippen molar-refractivity contribution in [3.8, 4) is 11.5 Å². The zero-order chi connectivity index (χ0) is 23.9. The molecule has 10 heteroatoms. The van der Waals surface area contributed by atoms with Crippen LogP contribution in [-0.4, -0.2) is 55.6 Å². The van der Waals surface area contributed by atoms with Gasteiger partial charge < -0.3 is 8.98 Å². The van der Waals surface area contributed by atoms with Crippen LogP contribution in [0.3, 0.4) is 0 Å². The average molecular weight is 478 g/mol. The van der Waals surface area contributed by atoms with Crippen molar-refractivity contribution in [2.75, 3.05) is 25.2 Å². The Hall–Kier alpha value is -3.50. The molecular weight excluding hydrogens is 450 g/mol. The van der Waals surface area contributed by atoms with Crippen LogP contribution in [0.25, 0.3) is 11.5 Å². The van der Waals surface area contributed by atoms with Crippen LogP contribution in [0.5, 0.6) is 0 Å². The summed E-state index contributed by atoms with van der Waals surface area (Å²) < 4.78 is 7.65. The van der Waals surface area contributed by atoms with Gasteiger partial charge in [0.15, 0.2) is 11.0 Å². The van der Waals surface area contributed by atoms with Gasteiger partial charge in [-0.2, -0.15) is 0 Å². The molecule has 176 valence electrons. The molecule has 2 aromatic heterocycles. The van der Waals surface area contributed by atoms with E-state index in [1.807, 2.05) is 62.6 Å². The number of hydrogen-bond acceptors (Lipinski definition) is 8. The minimum Gasteiger partial charge on any atom is -0.403 e. The standard InChI is InChI=1S/C24H27N7O2S/c1-4-19(30(2)3)21-26-29-24(31(21)15-17-11-7-5-8-12-17)34-16-20(32)25-23-28-27-22(33-23)18-13-9-6-10-14-18/h5-14,19H,4,15-16H2,1-3H3,(H,25,28,32)/t19-/m1/s1. The van der Waals surface area contributed by atoms with E-state index in [4.69, 9.17) is 4.42 Å². The number of thioether (sulfide) groups is 1. The highest BCUT2D eigenvalue weighted by atomic mass is 32.2. The van der Waals surface area contributed by atoms with Gasteiger partial charge in [-0.25, -0.2) is 0 Å². The van der Waals surface area contributed by atoms with E-state index in [-0.39, 0.29) is 23.7 Å². The molecule has 0 radical (unpaired) electrons. The van der Waals surface area contributed by atoms with Crippen LogP contribution >= 0.6 is 11.8 Å². The summed E-state index contributed by atoms with van der Waals surface area (Å²) in [6, 6.07) is 19.7. The fourth-order valence-corrected chi connectivity index (χ4v) is 4.35. The summed E-state index contributed by atoms with van der Waals surface area (Å²) in [6.07, 6.45) is 0.895. The largest absolute Gasteiger partial charge is 0.403 e. The van der Waals surface area contributed by atoms with Gasteiger partial charge in [0.25, 0.3) is 0 Å². The second-order valence-electron chi connectivity index (χ2n) is 7.92. The summed E-state index contributed by atoms with van der Waals surface area (Å²) in [5, 5.41) is 20.2. The molecule has 0 aliphatic carbocycles. The molecular formula is C24H27N7O2S. The lowest BCUT2D eigenvalue weighted by atomic mass is 10.2. The molecule has 4 rings (SSSR count). The Kier molecular flexibility index (Phi) is 7.71. The van der Waals surface area contributed by atoms with Gasteiger partial charge in [0, 0.05) is 5.56 Å². The molecule has 2 aromatic carbocycles. The Labute approximate surface area is 202 Å². The number of aromatic nitrogens is 5. The number of carbonyl (C=O) groups is 1. The normalized spacial score (nSPS) is 12.1. The minimum atomic E-state index is -0.260. The van der Waals surface area contributed by atoms with Crippen molar-refractivity contribution in [3.63, 3.8) is 0 Å². The predicted molar refractivity (Wildman–Crippen MR) is 131 cm³/mol. The van der Waals surface area contributed by atoms with Crippen molar-refractivity contribution in [1.29, 1.82) is 0 Å². The highest BCUT2D eigenvalue weighted by Crippen LogP contribution is 2.26. The second kappa shape index (κ2) is 11.1. The topological polar surface area (TPSA) is 102 Å². The summed E-state index contributed by atoms with van der Waals surface area (Å²) >= 11 is 1.33. The van der Waals surface area contributed by atoms with E-state index in [9.17, 15) is 4.79 Å². The maximum Gasteiger partial charge on any atom is 0.322 e. The lowest BCUT2D eigenvalue weighted by molar-refractivity contribution is -0.113. The fraction of sp³-hybridized carbons (Fsp3) is 0.292. The highest BCUT2D eigenvalue weighted by molar-refractivity contribution is 7.99. The first-order chi connectivity index (χ1) is 16.5. The number of amides is 1. The van der Waals surface area contributed by atoms with Gasteiger partial charge in [0.05, 0.1) is 18.3 Å². The number of nitrogens with zero attached hydrogens (tertiary/aromatic N) is 6. The van der Waals surface area contributed by atoms with Gasteiger partial charge >= 0.3 is 6.01 Å². The minimum absolute atomic E-state index is 0.0644. The smallest absolute Gasteiger partial charge is 0.322 e. The van der Waals surface area contributed by atoms with Gasteiger partial charge in [-0.05, 0) is 38.2 Å². The van der Waals surface area contributed by atoms with Crippen molar-refractivity contribution >= 4 is 23.7 Å². The summed E-state index contributed by atoms with van der Waals surface area (Å²) in [4.78, 5) is 14.7. The van der Waals surface area contributed by atoms with Crippen LogP contribution in [-0.2, 0) is 11.3 Å². The number of anilines is 1. The Morgan fingerprint density at radius 1 is 1.03 bits per heavy atom. The zero-order valence-corrected chi connectivity index (χ0v) is 20.2. The molecule has 9 nitrogen and oxygen atoms in total. The third kappa shape index (κ3) is 5.70. The fourth-order valence-electron chi connectivity index (χ4n) is 3.60. The Morgan fingerprint density at radius 3 is 2.41 bits per heavy atom. The Balaban J connectivity index is 1.46. The predicted octanol–water partition coefficient (Wildman–Crippen LogP) is 4.12. The first-order valence-electron chi connectivity index (χ1n) is 11.0. The monoisotopic (exact) mass is 477 g/mol. The lowest BCUT2D eigenvalue weighted by Gasteiger charge is -2.23. The number of hydrogen-bond donors (Lipinski definition) is 1. The molecule has 1 N–H and O–H groups in total. The van der Waals surface area contributed by atoms with Crippen LogP contribution < -0.4 is 5.32 Å². The molecule has 0 aliphatic heterocycles. The number of benzene rings is 2. The van der Waals surface area contributed by atoms with Crippen molar-refractivity contribution in [1.82, 2.24) is 29.9 Å². The van der Waals surface area contributed by atoms with E-state index in [1.165, 1.54) is 11.8 Å². The molecule has 0 spiro atoms. The maximum atomic E-state index is 12.6. The van der Waals surface area contributed by atoms with Gasteiger partial charge in [-0.1, -0.05) is 72.3 Å². The molecule has 0 saturated heterocycles. The molecule has 1 amide bonds. The molecule has 4 aromatic rings. The Bertz CT molecular complexity index is 1210. The molecule has 0 bridgehead atoms. The van der Waals surface area contributed by atoms with E-state index in [2.05, 4.69) is 54.2 Å². The Morgan fingerprint density at radius 2 is 1.74 bits per heavy atom.